The fraction of sp³-hybridized carbons (Fsp3) is 0.294. The lowest BCUT2D eigenvalue weighted by Gasteiger charge is -2.28. The van der Waals surface area contributed by atoms with Gasteiger partial charge in [0.1, 0.15) is 5.84 Å². The second-order valence-electron chi connectivity index (χ2n) is 11.2. The Morgan fingerprint density at radius 3 is 2.32 bits per heavy atom. The number of nitrogens with zero attached hydrogens (tertiary/aromatic N) is 3. The van der Waals surface area contributed by atoms with E-state index in [1.165, 1.54) is 17.0 Å². The molecular weight excluding hydrogens is 570 g/mol. The zero-order chi connectivity index (χ0) is 32.6. The number of anilines is 3. The van der Waals surface area contributed by atoms with Gasteiger partial charge in [0.05, 0.1) is 35.6 Å². The zero-order valence-corrected chi connectivity index (χ0v) is 27.8. The predicted molar refractivity (Wildman–Crippen MR) is 187 cm³/mol. The summed E-state index contributed by atoms with van der Waals surface area (Å²) < 4.78 is 8.97. The van der Waals surface area contributed by atoms with Crippen molar-refractivity contribution in [3.8, 4) is 5.75 Å². The van der Waals surface area contributed by atoms with E-state index in [9.17, 15) is 4.79 Å². The first-order chi connectivity index (χ1) is 20.9. The minimum atomic E-state index is -0.302. The van der Waals surface area contributed by atoms with Crippen LogP contribution < -0.4 is 31.4 Å². The van der Waals surface area contributed by atoms with Crippen LogP contribution in [0.15, 0.2) is 89.8 Å². The summed E-state index contributed by atoms with van der Waals surface area (Å²) in [5.41, 5.74) is 12.5. The number of hydrazine groups is 1. The normalized spacial score (nSPS) is 12.0. The van der Waals surface area contributed by atoms with Crippen molar-refractivity contribution in [1.29, 1.82) is 0 Å². The molecule has 3 rings (SSSR count). The summed E-state index contributed by atoms with van der Waals surface area (Å²) in [7, 11) is 3.32. The molecule has 0 fully saturated rings. The molecule has 9 nitrogen and oxygen atoms in total. The number of amidine groups is 1. The first kappa shape index (κ1) is 34.1. The smallest absolute Gasteiger partial charge is 0.255 e. The lowest BCUT2D eigenvalue weighted by atomic mass is 9.86. The maximum absolute atomic E-state index is 13.6. The van der Waals surface area contributed by atoms with Gasteiger partial charge in [-0.3, -0.25) is 14.8 Å². The van der Waals surface area contributed by atoms with Gasteiger partial charge >= 0.3 is 0 Å². The van der Waals surface area contributed by atoms with Crippen molar-refractivity contribution in [3.63, 3.8) is 0 Å². The van der Waals surface area contributed by atoms with Crippen LogP contribution in [0.25, 0.3) is 0 Å². The van der Waals surface area contributed by atoms with Crippen LogP contribution in [-0.2, 0) is 5.41 Å². The van der Waals surface area contributed by atoms with Crippen LogP contribution >= 0.6 is 11.9 Å². The lowest BCUT2D eigenvalue weighted by Crippen LogP contribution is -2.34. The summed E-state index contributed by atoms with van der Waals surface area (Å²) in [4.78, 5) is 20.0. The molecule has 0 aromatic heterocycles. The molecule has 0 radical (unpaired) electrons. The van der Waals surface area contributed by atoms with Gasteiger partial charge in [0.15, 0.2) is 5.75 Å². The van der Waals surface area contributed by atoms with Crippen LogP contribution in [0.1, 0.15) is 54.7 Å². The molecule has 234 valence electrons. The van der Waals surface area contributed by atoms with E-state index in [1.807, 2.05) is 73.5 Å². The number of carbonyl (C=O) groups is 1. The minimum Gasteiger partial charge on any atom is -0.492 e. The fourth-order valence-electron chi connectivity index (χ4n) is 4.69. The Labute approximate surface area is 266 Å². The number of hydrogen-bond donors (Lipinski definition) is 4. The molecule has 10 heteroatoms. The number of aliphatic imine (C=N–C) groups is 1. The highest BCUT2D eigenvalue weighted by Gasteiger charge is 2.22. The second-order valence-corrected chi connectivity index (χ2v) is 11.8. The Bertz CT molecular complexity index is 1550. The number of rotatable bonds is 11. The maximum atomic E-state index is 13.6. The molecule has 6 N–H and O–H groups in total. The monoisotopic (exact) mass is 615 g/mol. The number of benzene rings is 3. The van der Waals surface area contributed by atoms with Gasteiger partial charge in [0, 0.05) is 37.2 Å². The highest BCUT2D eigenvalue weighted by atomic mass is 32.2. The van der Waals surface area contributed by atoms with Gasteiger partial charge in [0.25, 0.3) is 5.91 Å². The van der Waals surface area contributed by atoms with Gasteiger partial charge in [-0.2, -0.15) is 0 Å². The summed E-state index contributed by atoms with van der Waals surface area (Å²) in [6.45, 7) is 15.1. The predicted octanol–water partition coefficient (Wildman–Crippen LogP) is 6.64. The highest BCUT2D eigenvalue weighted by Crippen LogP contribution is 2.39. The number of aryl methyl sites for hydroxylation is 1. The quantitative estimate of drug-likeness (QED) is 0.0473. The number of ether oxygens (including phenoxy) is 1. The molecule has 3 aromatic rings. The van der Waals surface area contributed by atoms with E-state index in [2.05, 4.69) is 42.4 Å². The van der Waals surface area contributed by atoms with Gasteiger partial charge in [-0.25, -0.2) is 5.84 Å². The van der Waals surface area contributed by atoms with E-state index >= 15 is 0 Å². The third kappa shape index (κ3) is 7.94. The lowest BCUT2D eigenvalue weighted by molar-refractivity contribution is 0.102. The van der Waals surface area contributed by atoms with Gasteiger partial charge in [0.2, 0.25) is 0 Å². The van der Waals surface area contributed by atoms with Crippen LogP contribution in [0, 0.1) is 6.92 Å². The molecule has 0 heterocycles. The summed E-state index contributed by atoms with van der Waals surface area (Å²) in [6, 6.07) is 19.2. The number of carbonyl (C=O) groups excluding carboxylic acids is 1. The van der Waals surface area contributed by atoms with Gasteiger partial charge in [-0.15, -0.1) is 0 Å². The van der Waals surface area contributed by atoms with Gasteiger partial charge in [-0.1, -0.05) is 75.7 Å². The van der Waals surface area contributed by atoms with Crippen LogP contribution in [0.3, 0.4) is 0 Å². The summed E-state index contributed by atoms with van der Waals surface area (Å²) >= 11 is 1.45. The Balaban J connectivity index is 1.91. The van der Waals surface area contributed by atoms with Gasteiger partial charge < -0.3 is 25.4 Å². The molecule has 0 saturated heterocycles. The summed E-state index contributed by atoms with van der Waals surface area (Å²) in [5.74, 6) is 7.50. The Morgan fingerprint density at radius 1 is 1.09 bits per heavy atom. The second kappa shape index (κ2) is 14.9. The molecule has 44 heavy (non-hydrogen) atoms. The minimum absolute atomic E-state index is 0.147. The molecule has 0 bridgehead atoms. The fourth-order valence-corrected chi connectivity index (χ4v) is 5.07. The van der Waals surface area contributed by atoms with E-state index in [-0.39, 0.29) is 11.3 Å². The Kier molecular flexibility index (Phi) is 11.5. The highest BCUT2D eigenvalue weighted by molar-refractivity contribution is 7.99. The van der Waals surface area contributed by atoms with Crippen LogP contribution in [-0.4, -0.2) is 43.6 Å². The standard InChI is InChI=1S/C34H45N7O2S/c1-10-40(32(37-7)24-14-12-11-13-15-24)23(3)27(35)21-41(36)30-18-25(17-16-22(30)2)33(42)38-28-19-26(34(4,5)6)20-29(39-44-9)31(28)43-8/h11-21,39H,3,10,35-36H2,1-2,4-9H3,(H,38,42)/b27-21-,37-32?. The molecule has 0 aliphatic heterocycles. The van der Waals surface area contributed by atoms with E-state index in [4.69, 9.17) is 16.3 Å². The van der Waals surface area contributed by atoms with Crippen molar-refractivity contribution < 1.29 is 9.53 Å². The molecule has 0 aliphatic rings. The molecule has 3 aromatic carbocycles. The van der Waals surface area contributed by atoms with Crippen molar-refractivity contribution in [2.75, 3.05) is 42.0 Å². The third-order valence-electron chi connectivity index (χ3n) is 7.12. The Morgan fingerprint density at radius 2 is 1.75 bits per heavy atom. The number of hydrogen-bond acceptors (Lipinski definition) is 8. The van der Waals surface area contributed by atoms with Gasteiger partial charge in [-0.05, 0) is 54.7 Å². The molecule has 0 aliphatic carbocycles. The molecule has 0 atom stereocenters. The number of nitrogens with one attached hydrogen (secondary N) is 2. The Hall–Kier alpha value is -4.41. The number of methoxy groups -OCH3 is 1. The van der Waals surface area contributed by atoms with Crippen molar-refractivity contribution in [3.05, 3.63) is 107 Å². The van der Waals surface area contributed by atoms with Crippen LogP contribution in [0.5, 0.6) is 5.75 Å². The van der Waals surface area contributed by atoms with Crippen LogP contribution in [0.2, 0.25) is 0 Å². The van der Waals surface area contributed by atoms with Crippen molar-refractivity contribution in [1.82, 2.24) is 4.90 Å². The molecule has 0 spiro atoms. The summed E-state index contributed by atoms with van der Waals surface area (Å²) in [5, 5.41) is 4.45. The van der Waals surface area contributed by atoms with E-state index < -0.39 is 0 Å². The van der Waals surface area contributed by atoms with Crippen molar-refractivity contribution >= 4 is 40.8 Å². The van der Waals surface area contributed by atoms with E-state index in [0.717, 1.165) is 28.2 Å². The number of likely N-dealkylation sites (N-methyl/N-ethyl adjacent to an activating group) is 1. The molecule has 1 amide bonds. The van der Waals surface area contributed by atoms with Crippen molar-refractivity contribution in [2.24, 2.45) is 16.6 Å². The first-order valence-corrected chi connectivity index (χ1v) is 15.5. The first-order valence-electron chi connectivity index (χ1n) is 14.3. The topological polar surface area (TPSA) is 121 Å². The average molecular weight is 616 g/mol. The van der Waals surface area contributed by atoms with Crippen LogP contribution in [0.4, 0.5) is 17.1 Å². The number of amides is 1. The summed E-state index contributed by atoms with van der Waals surface area (Å²) in [6.07, 6.45) is 3.53. The third-order valence-corrected chi connectivity index (χ3v) is 7.55. The largest absolute Gasteiger partial charge is 0.492 e. The van der Waals surface area contributed by atoms with Crippen molar-refractivity contribution in [2.45, 2.75) is 40.0 Å². The van der Waals surface area contributed by atoms with E-state index in [1.54, 1.807) is 32.5 Å². The average Bonchev–Trinajstić information content (AvgIpc) is 2.99. The molecule has 0 unspecified atom stereocenters. The number of nitrogens with two attached hydrogens (primary N) is 2. The SMILES string of the molecule is C=C(/C(N)=C/N(N)c1cc(C(=O)Nc2cc(C(C)(C)C)cc(NSC)c2OC)ccc1C)N(CC)C(=NC)c1ccccc1. The molecule has 0 saturated carbocycles. The maximum Gasteiger partial charge on any atom is 0.255 e. The zero-order valence-electron chi connectivity index (χ0n) is 27.0. The van der Waals surface area contributed by atoms with E-state index in [0.29, 0.717) is 40.6 Å². The molecular formula is C34H45N7O2S.